The van der Waals surface area contributed by atoms with Crippen molar-refractivity contribution in [3.05, 3.63) is 23.8 Å². The lowest BCUT2D eigenvalue weighted by atomic mass is 10.1. The van der Waals surface area contributed by atoms with Crippen LogP contribution in [-0.2, 0) is 11.4 Å². The van der Waals surface area contributed by atoms with Crippen molar-refractivity contribution >= 4 is 17.3 Å². The summed E-state index contributed by atoms with van der Waals surface area (Å²) in [6, 6.07) is 4.97. The fourth-order valence-electron chi connectivity index (χ4n) is 1.06. The van der Waals surface area contributed by atoms with Gasteiger partial charge in [-0.25, -0.2) is 0 Å². The summed E-state index contributed by atoms with van der Waals surface area (Å²) in [5, 5.41) is 11.5. The zero-order valence-corrected chi connectivity index (χ0v) is 7.37. The van der Waals surface area contributed by atoms with Crippen molar-refractivity contribution in [2.24, 2.45) is 0 Å². The standard InChI is InChI=1S/C9H12N2O2/c1-6(13)11-9-3-2-8(10)4-7(9)5-12/h2-4,12H,5,10H2,1H3,(H,11,13). The number of rotatable bonds is 2. The van der Waals surface area contributed by atoms with Crippen LogP contribution in [0.25, 0.3) is 0 Å². The van der Waals surface area contributed by atoms with E-state index in [1.54, 1.807) is 18.2 Å². The first kappa shape index (κ1) is 9.54. The van der Waals surface area contributed by atoms with Gasteiger partial charge >= 0.3 is 0 Å². The molecule has 0 aromatic heterocycles. The van der Waals surface area contributed by atoms with Crippen molar-refractivity contribution in [3.63, 3.8) is 0 Å². The van der Waals surface area contributed by atoms with Crippen molar-refractivity contribution in [1.29, 1.82) is 0 Å². The Morgan fingerprint density at radius 1 is 1.62 bits per heavy atom. The van der Waals surface area contributed by atoms with Crippen molar-refractivity contribution < 1.29 is 9.90 Å². The molecule has 0 aliphatic rings. The van der Waals surface area contributed by atoms with E-state index in [0.717, 1.165) is 0 Å². The van der Waals surface area contributed by atoms with E-state index in [1.165, 1.54) is 6.92 Å². The number of hydrogen-bond donors (Lipinski definition) is 3. The van der Waals surface area contributed by atoms with Crippen molar-refractivity contribution in [2.75, 3.05) is 11.1 Å². The van der Waals surface area contributed by atoms with E-state index >= 15 is 0 Å². The smallest absolute Gasteiger partial charge is 0.221 e. The summed E-state index contributed by atoms with van der Waals surface area (Å²) in [5.74, 6) is -0.167. The van der Waals surface area contributed by atoms with Crippen LogP contribution < -0.4 is 11.1 Å². The second-order valence-electron chi connectivity index (χ2n) is 2.76. The molecule has 1 aromatic rings. The van der Waals surface area contributed by atoms with Crippen LogP contribution >= 0.6 is 0 Å². The second kappa shape index (κ2) is 3.91. The topological polar surface area (TPSA) is 75.4 Å². The van der Waals surface area contributed by atoms with Gasteiger partial charge in [-0.1, -0.05) is 0 Å². The van der Waals surface area contributed by atoms with E-state index in [9.17, 15) is 4.79 Å². The highest BCUT2D eigenvalue weighted by Crippen LogP contribution is 2.18. The van der Waals surface area contributed by atoms with Gasteiger partial charge in [-0.3, -0.25) is 4.79 Å². The van der Waals surface area contributed by atoms with Gasteiger partial charge in [0.25, 0.3) is 0 Å². The van der Waals surface area contributed by atoms with Crippen LogP contribution in [0.1, 0.15) is 12.5 Å². The molecule has 0 aliphatic heterocycles. The lowest BCUT2D eigenvalue weighted by molar-refractivity contribution is -0.114. The number of benzene rings is 1. The van der Waals surface area contributed by atoms with Crippen LogP contribution in [-0.4, -0.2) is 11.0 Å². The zero-order valence-electron chi connectivity index (χ0n) is 7.37. The summed E-state index contributed by atoms with van der Waals surface area (Å²) in [4.78, 5) is 10.7. The number of aliphatic hydroxyl groups excluding tert-OH is 1. The SMILES string of the molecule is CC(=O)Nc1ccc(N)cc1CO. The normalized spacial score (nSPS) is 9.69. The summed E-state index contributed by atoms with van der Waals surface area (Å²) >= 11 is 0. The summed E-state index contributed by atoms with van der Waals surface area (Å²) in [6.07, 6.45) is 0. The summed E-state index contributed by atoms with van der Waals surface area (Å²) < 4.78 is 0. The minimum absolute atomic E-state index is 0.138. The lowest BCUT2D eigenvalue weighted by Gasteiger charge is -2.07. The third-order valence-corrected chi connectivity index (χ3v) is 1.61. The molecule has 0 atom stereocenters. The van der Waals surface area contributed by atoms with Gasteiger partial charge in [0.05, 0.1) is 6.61 Å². The highest BCUT2D eigenvalue weighted by atomic mass is 16.3. The van der Waals surface area contributed by atoms with Crippen molar-refractivity contribution in [2.45, 2.75) is 13.5 Å². The molecule has 1 rings (SSSR count). The lowest BCUT2D eigenvalue weighted by Crippen LogP contribution is -2.08. The summed E-state index contributed by atoms with van der Waals surface area (Å²) in [7, 11) is 0. The predicted molar refractivity (Wildman–Crippen MR) is 51.1 cm³/mol. The van der Waals surface area contributed by atoms with E-state index in [4.69, 9.17) is 10.8 Å². The number of anilines is 2. The molecule has 4 nitrogen and oxygen atoms in total. The van der Waals surface area contributed by atoms with Crippen LogP contribution in [0.5, 0.6) is 0 Å². The largest absolute Gasteiger partial charge is 0.399 e. The molecule has 1 amide bonds. The molecule has 13 heavy (non-hydrogen) atoms. The molecule has 70 valence electrons. The molecular formula is C9H12N2O2. The maximum Gasteiger partial charge on any atom is 0.221 e. The number of aliphatic hydroxyl groups is 1. The fraction of sp³-hybridized carbons (Fsp3) is 0.222. The Hall–Kier alpha value is -1.55. The minimum Gasteiger partial charge on any atom is -0.399 e. The van der Waals surface area contributed by atoms with Gasteiger partial charge in [-0.2, -0.15) is 0 Å². The average Bonchev–Trinajstić information content (AvgIpc) is 2.07. The molecule has 0 fully saturated rings. The number of carbonyl (C=O) groups is 1. The molecule has 0 heterocycles. The van der Waals surface area contributed by atoms with E-state index < -0.39 is 0 Å². The number of nitrogens with one attached hydrogen (secondary N) is 1. The van der Waals surface area contributed by atoms with Crippen molar-refractivity contribution in [1.82, 2.24) is 0 Å². The maximum atomic E-state index is 10.7. The highest BCUT2D eigenvalue weighted by Gasteiger charge is 2.02. The van der Waals surface area contributed by atoms with Crippen molar-refractivity contribution in [3.8, 4) is 0 Å². The molecule has 0 radical (unpaired) electrons. The molecular weight excluding hydrogens is 168 g/mol. The van der Waals surface area contributed by atoms with Gasteiger partial charge in [0.15, 0.2) is 0 Å². The Balaban J connectivity index is 2.99. The first-order valence-corrected chi connectivity index (χ1v) is 3.90. The monoisotopic (exact) mass is 180 g/mol. The first-order chi connectivity index (χ1) is 6.13. The van der Waals surface area contributed by atoms with Crippen LogP contribution in [0.3, 0.4) is 0 Å². The van der Waals surface area contributed by atoms with Crippen LogP contribution in [0.15, 0.2) is 18.2 Å². The van der Waals surface area contributed by atoms with Crippen LogP contribution in [0.2, 0.25) is 0 Å². The number of nitrogens with two attached hydrogens (primary N) is 1. The Kier molecular flexibility index (Phi) is 2.87. The number of amides is 1. The molecule has 0 bridgehead atoms. The molecule has 1 aromatic carbocycles. The summed E-state index contributed by atoms with van der Waals surface area (Å²) in [5.41, 5.74) is 7.30. The molecule has 0 unspecified atom stereocenters. The maximum absolute atomic E-state index is 10.7. The molecule has 0 aliphatic carbocycles. The van der Waals surface area contributed by atoms with E-state index in [0.29, 0.717) is 16.9 Å². The number of hydrogen-bond acceptors (Lipinski definition) is 3. The number of carbonyl (C=O) groups excluding carboxylic acids is 1. The zero-order chi connectivity index (χ0) is 9.84. The highest BCUT2D eigenvalue weighted by molar-refractivity contribution is 5.89. The third kappa shape index (κ3) is 2.45. The van der Waals surface area contributed by atoms with Gasteiger partial charge in [0.2, 0.25) is 5.91 Å². The fourth-order valence-corrected chi connectivity index (χ4v) is 1.06. The van der Waals surface area contributed by atoms with E-state index in [2.05, 4.69) is 5.32 Å². The molecule has 0 spiro atoms. The van der Waals surface area contributed by atoms with Crippen LogP contribution in [0, 0.1) is 0 Å². The van der Waals surface area contributed by atoms with Gasteiger partial charge in [0, 0.05) is 23.9 Å². The number of nitrogen functional groups attached to an aromatic ring is 1. The minimum atomic E-state index is -0.167. The Morgan fingerprint density at radius 2 is 2.31 bits per heavy atom. The van der Waals surface area contributed by atoms with Gasteiger partial charge in [0.1, 0.15) is 0 Å². The van der Waals surface area contributed by atoms with Crippen LogP contribution in [0.4, 0.5) is 11.4 Å². The van der Waals surface area contributed by atoms with Gasteiger partial charge < -0.3 is 16.2 Å². The second-order valence-corrected chi connectivity index (χ2v) is 2.76. The summed E-state index contributed by atoms with van der Waals surface area (Å²) in [6.45, 7) is 1.28. The van der Waals surface area contributed by atoms with E-state index in [1.807, 2.05) is 0 Å². The Labute approximate surface area is 76.4 Å². The third-order valence-electron chi connectivity index (χ3n) is 1.61. The molecule has 0 saturated carbocycles. The predicted octanol–water partition coefficient (Wildman–Crippen LogP) is 0.720. The molecule has 0 saturated heterocycles. The Morgan fingerprint density at radius 3 is 2.85 bits per heavy atom. The van der Waals surface area contributed by atoms with Gasteiger partial charge in [-0.15, -0.1) is 0 Å². The average molecular weight is 180 g/mol. The Bertz CT molecular complexity index is 323. The molecule has 4 N–H and O–H groups in total. The van der Waals surface area contributed by atoms with E-state index in [-0.39, 0.29) is 12.5 Å². The van der Waals surface area contributed by atoms with Gasteiger partial charge in [-0.05, 0) is 18.2 Å². The quantitative estimate of drug-likeness (QED) is 0.587. The molecule has 4 heteroatoms. The first-order valence-electron chi connectivity index (χ1n) is 3.90.